The van der Waals surface area contributed by atoms with E-state index in [4.69, 9.17) is 9.47 Å². The number of ether oxygens (including phenoxy) is 2. The Labute approximate surface area is 209 Å². The molecule has 0 aliphatic carbocycles. The standard InChI is InChI=1S/C26H33BrFN3O3/c1-26(2,3)34-25(32)30(4)14-8-6-7-9-15-33-19-11-13-20(22(28)17-19)24-21-12-10-18(27)16-23(21)29-31(24)5/h10-13,16-17H,6-9,14-15H2,1-5H3. The van der Waals surface area contributed by atoms with Crippen molar-refractivity contribution in [2.24, 2.45) is 7.05 Å². The molecule has 0 radical (unpaired) electrons. The number of aryl methyl sites for hydroxylation is 1. The minimum Gasteiger partial charge on any atom is -0.493 e. The highest BCUT2D eigenvalue weighted by Crippen LogP contribution is 2.33. The van der Waals surface area contributed by atoms with Gasteiger partial charge in [-0.25, -0.2) is 9.18 Å². The van der Waals surface area contributed by atoms with Crippen LogP contribution in [0.4, 0.5) is 9.18 Å². The zero-order valence-corrected chi connectivity index (χ0v) is 22.1. The summed E-state index contributed by atoms with van der Waals surface area (Å²) in [5, 5.41) is 5.39. The predicted molar refractivity (Wildman–Crippen MR) is 137 cm³/mol. The van der Waals surface area contributed by atoms with E-state index in [0.29, 0.717) is 24.5 Å². The van der Waals surface area contributed by atoms with Crippen molar-refractivity contribution in [2.75, 3.05) is 20.2 Å². The van der Waals surface area contributed by atoms with Gasteiger partial charge in [-0.2, -0.15) is 5.10 Å². The fraction of sp³-hybridized carbons (Fsp3) is 0.462. The average molecular weight is 534 g/mol. The third kappa shape index (κ3) is 6.95. The van der Waals surface area contributed by atoms with Crippen molar-refractivity contribution < 1.29 is 18.7 Å². The normalized spacial score (nSPS) is 11.6. The molecule has 8 heteroatoms. The van der Waals surface area contributed by atoms with E-state index in [2.05, 4.69) is 21.0 Å². The highest BCUT2D eigenvalue weighted by Gasteiger charge is 2.19. The predicted octanol–water partition coefficient (Wildman–Crippen LogP) is 6.95. The van der Waals surface area contributed by atoms with Gasteiger partial charge in [-0.05, 0) is 63.9 Å². The fourth-order valence-electron chi connectivity index (χ4n) is 3.70. The number of unbranched alkanes of at least 4 members (excludes halogenated alkanes) is 3. The van der Waals surface area contributed by atoms with E-state index in [1.165, 1.54) is 6.07 Å². The molecule has 184 valence electrons. The first-order valence-corrected chi connectivity index (χ1v) is 12.3. The highest BCUT2D eigenvalue weighted by molar-refractivity contribution is 9.10. The Hall–Kier alpha value is -2.61. The van der Waals surface area contributed by atoms with Gasteiger partial charge in [-0.15, -0.1) is 0 Å². The number of carbonyl (C=O) groups is 1. The smallest absolute Gasteiger partial charge is 0.410 e. The van der Waals surface area contributed by atoms with Crippen LogP contribution in [-0.2, 0) is 11.8 Å². The molecule has 0 saturated carbocycles. The quantitative estimate of drug-likeness (QED) is 0.279. The van der Waals surface area contributed by atoms with Gasteiger partial charge in [0.1, 0.15) is 17.2 Å². The molecule has 34 heavy (non-hydrogen) atoms. The number of amides is 1. The lowest BCUT2D eigenvalue weighted by molar-refractivity contribution is 0.0296. The third-order valence-corrected chi connectivity index (χ3v) is 5.85. The summed E-state index contributed by atoms with van der Waals surface area (Å²) in [6, 6.07) is 10.8. The Bertz CT molecular complexity index is 1140. The maximum atomic E-state index is 14.9. The Morgan fingerprint density at radius 1 is 1.12 bits per heavy atom. The molecule has 1 aromatic heterocycles. The molecule has 1 amide bonds. The lowest BCUT2D eigenvalue weighted by Crippen LogP contribution is -2.34. The zero-order valence-electron chi connectivity index (χ0n) is 20.5. The number of rotatable bonds is 9. The second-order valence-electron chi connectivity index (χ2n) is 9.44. The van der Waals surface area contributed by atoms with Crippen molar-refractivity contribution in [1.82, 2.24) is 14.7 Å². The van der Waals surface area contributed by atoms with Gasteiger partial charge in [-0.3, -0.25) is 4.68 Å². The Kier molecular flexibility index (Phi) is 8.57. The van der Waals surface area contributed by atoms with Crippen LogP contribution in [0.15, 0.2) is 40.9 Å². The lowest BCUT2D eigenvalue weighted by atomic mass is 10.1. The minimum atomic E-state index is -0.483. The number of aromatic nitrogens is 2. The van der Waals surface area contributed by atoms with Crippen LogP contribution in [0.2, 0.25) is 0 Å². The second kappa shape index (κ2) is 11.2. The number of fused-ring (bicyclic) bond motifs is 1. The molecule has 1 heterocycles. The summed E-state index contributed by atoms with van der Waals surface area (Å²) in [7, 11) is 3.57. The van der Waals surface area contributed by atoms with Gasteiger partial charge in [0.25, 0.3) is 0 Å². The molecule has 3 rings (SSSR count). The minimum absolute atomic E-state index is 0.298. The fourth-order valence-corrected chi connectivity index (χ4v) is 4.05. The third-order valence-electron chi connectivity index (χ3n) is 5.35. The Morgan fingerprint density at radius 2 is 1.85 bits per heavy atom. The van der Waals surface area contributed by atoms with Gasteiger partial charge in [0.05, 0.1) is 17.8 Å². The molecule has 2 aromatic carbocycles. The van der Waals surface area contributed by atoms with Crippen molar-refractivity contribution in [3.05, 3.63) is 46.7 Å². The number of benzene rings is 2. The number of hydrogen-bond acceptors (Lipinski definition) is 4. The van der Waals surface area contributed by atoms with Gasteiger partial charge < -0.3 is 14.4 Å². The summed E-state index contributed by atoms with van der Waals surface area (Å²) in [5.74, 6) is 0.177. The van der Waals surface area contributed by atoms with Gasteiger partial charge in [0, 0.05) is 42.1 Å². The molecule has 0 N–H and O–H groups in total. The van der Waals surface area contributed by atoms with E-state index in [1.807, 2.05) is 46.0 Å². The molecule has 0 atom stereocenters. The van der Waals surface area contributed by atoms with Gasteiger partial charge >= 0.3 is 6.09 Å². The van der Waals surface area contributed by atoms with E-state index in [0.717, 1.165) is 46.8 Å². The second-order valence-corrected chi connectivity index (χ2v) is 10.4. The summed E-state index contributed by atoms with van der Waals surface area (Å²) >= 11 is 3.45. The first-order chi connectivity index (χ1) is 16.0. The van der Waals surface area contributed by atoms with E-state index in [-0.39, 0.29) is 11.9 Å². The molecule has 0 aliphatic heterocycles. The van der Waals surface area contributed by atoms with Gasteiger partial charge in [-0.1, -0.05) is 28.8 Å². The van der Waals surface area contributed by atoms with Crippen molar-refractivity contribution in [3.8, 4) is 17.0 Å². The van der Waals surface area contributed by atoms with E-state index in [9.17, 15) is 9.18 Å². The largest absolute Gasteiger partial charge is 0.493 e. The molecule has 0 saturated heterocycles. The molecule has 0 bridgehead atoms. The first kappa shape index (κ1) is 26.0. The SMILES string of the molecule is CN(CCCCCCOc1ccc(-c2c3ccc(Br)cc3nn2C)c(F)c1)C(=O)OC(C)(C)C. The maximum Gasteiger partial charge on any atom is 0.410 e. The van der Waals surface area contributed by atoms with E-state index < -0.39 is 5.60 Å². The summed E-state index contributed by atoms with van der Waals surface area (Å²) in [6.07, 6.45) is 3.41. The van der Waals surface area contributed by atoms with Crippen LogP contribution in [-0.4, -0.2) is 46.6 Å². The monoisotopic (exact) mass is 533 g/mol. The molecule has 0 fully saturated rings. The van der Waals surface area contributed by atoms with Crippen LogP contribution in [0.3, 0.4) is 0 Å². The summed E-state index contributed by atoms with van der Waals surface area (Å²) in [6.45, 7) is 6.75. The van der Waals surface area contributed by atoms with Crippen molar-refractivity contribution >= 4 is 32.9 Å². The summed E-state index contributed by atoms with van der Waals surface area (Å²) in [5.41, 5.74) is 1.56. The topological polar surface area (TPSA) is 56.6 Å². The van der Waals surface area contributed by atoms with Crippen LogP contribution in [0.1, 0.15) is 46.5 Å². The van der Waals surface area contributed by atoms with E-state index in [1.54, 1.807) is 28.8 Å². The van der Waals surface area contributed by atoms with Crippen LogP contribution >= 0.6 is 15.9 Å². The number of carbonyl (C=O) groups excluding carboxylic acids is 1. The van der Waals surface area contributed by atoms with Crippen LogP contribution in [0.5, 0.6) is 5.75 Å². The van der Waals surface area contributed by atoms with Crippen molar-refractivity contribution in [1.29, 1.82) is 0 Å². The van der Waals surface area contributed by atoms with Crippen molar-refractivity contribution in [2.45, 2.75) is 52.1 Å². The number of hydrogen-bond donors (Lipinski definition) is 0. The van der Waals surface area contributed by atoms with Crippen LogP contribution < -0.4 is 4.74 Å². The van der Waals surface area contributed by atoms with Crippen LogP contribution in [0.25, 0.3) is 22.2 Å². The maximum absolute atomic E-state index is 14.9. The summed E-state index contributed by atoms with van der Waals surface area (Å²) in [4.78, 5) is 13.6. The molecule has 0 unspecified atom stereocenters. The number of nitrogens with zero attached hydrogens (tertiary/aromatic N) is 3. The Morgan fingerprint density at radius 3 is 2.56 bits per heavy atom. The Balaban J connectivity index is 1.45. The molecular formula is C26H33BrFN3O3. The van der Waals surface area contributed by atoms with Crippen molar-refractivity contribution in [3.63, 3.8) is 0 Å². The molecule has 3 aromatic rings. The molecule has 6 nitrogen and oxygen atoms in total. The zero-order chi connectivity index (χ0) is 24.9. The average Bonchev–Trinajstić information content (AvgIpc) is 3.06. The van der Waals surface area contributed by atoms with Gasteiger partial charge in [0.2, 0.25) is 0 Å². The molecule has 0 aliphatic rings. The molecule has 0 spiro atoms. The number of halogens is 2. The highest BCUT2D eigenvalue weighted by atomic mass is 79.9. The van der Waals surface area contributed by atoms with Crippen LogP contribution in [0, 0.1) is 5.82 Å². The van der Waals surface area contributed by atoms with Gasteiger partial charge in [0.15, 0.2) is 0 Å². The first-order valence-electron chi connectivity index (χ1n) is 11.5. The molecular weight excluding hydrogens is 501 g/mol. The lowest BCUT2D eigenvalue weighted by Gasteiger charge is -2.24. The summed E-state index contributed by atoms with van der Waals surface area (Å²) < 4.78 is 28.7. The van der Waals surface area contributed by atoms with E-state index >= 15 is 0 Å².